The lowest BCUT2D eigenvalue weighted by Crippen LogP contribution is -2.40. The van der Waals surface area contributed by atoms with Crippen LogP contribution in [0.5, 0.6) is 5.88 Å². The van der Waals surface area contributed by atoms with Gasteiger partial charge in [-0.05, 0) is 37.3 Å². The van der Waals surface area contributed by atoms with E-state index in [0.29, 0.717) is 61.2 Å². The molecule has 0 aromatic carbocycles. The van der Waals surface area contributed by atoms with E-state index in [0.717, 1.165) is 18.4 Å². The fourth-order valence-corrected chi connectivity index (χ4v) is 3.82. The average Bonchev–Trinajstić information content (AvgIpc) is 3.27. The summed E-state index contributed by atoms with van der Waals surface area (Å²) >= 11 is 6.34. The van der Waals surface area contributed by atoms with Gasteiger partial charge in [0.25, 0.3) is 5.91 Å². The van der Waals surface area contributed by atoms with Gasteiger partial charge < -0.3 is 19.7 Å². The second-order valence-electron chi connectivity index (χ2n) is 7.34. The van der Waals surface area contributed by atoms with Gasteiger partial charge in [-0.2, -0.15) is 0 Å². The van der Waals surface area contributed by atoms with Crippen LogP contribution in [0, 0.1) is 0 Å². The zero-order valence-corrected chi connectivity index (χ0v) is 17.0. The van der Waals surface area contributed by atoms with Crippen LogP contribution in [0.2, 0.25) is 5.02 Å². The monoisotopic (exact) mass is 416 g/mol. The highest BCUT2D eigenvalue weighted by Crippen LogP contribution is 2.24. The highest BCUT2D eigenvalue weighted by atomic mass is 35.5. The molecule has 0 radical (unpaired) electrons. The number of halogens is 1. The topological polar surface area (TPSA) is 76.6 Å². The van der Waals surface area contributed by atoms with E-state index in [2.05, 4.69) is 15.3 Å². The number of nitrogens with zero attached hydrogens (tertiary/aromatic N) is 3. The third-order valence-corrected chi connectivity index (χ3v) is 5.52. The van der Waals surface area contributed by atoms with Gasteiger partial charge in [0.2, 0.25) is 5.88 Å². The fraction of sp³-hybridized carbons (Fsp3) is 0.476. The molecule has 1 aliphatic carbocycles. The molecule has 8 heteroatoms. The van der Waals surface area contributed by atoms with Crippen molar-refractivity contribution < 1.29 is 14.3 Å². The molecule has 154 valence electrons. The lowest BCUT2D eigenvalue weighted by molar-refractivity contribution is 0.0302. The van der Waals surface area contributed by atoms with E-state index in [-0.39, 0.29) is 5.91 Å². The molecule has 3 heterocycles. The number of aromatic nitrogens is 2. The van der Waals surface area contributed by atoms with Crippen LogP contribution < -0.4 is 10.1 Å². The molecule has 1 saturated heterocycles. The molecule has 7 nitrogen and oxygen atoms in total. The van der Waals surface area contributed by atoms with Crippen molar-refractivity contribution in [3.05, 3.63) is 46.7 Å². The molecule has 0 unspecified atom stereocenters. The van der Waals surface area contributed by atoms with Crippen molar-refractivity contribution in [3.63, 3.8) is 0 Å². The average molecular weight is 417 g/mol. The minimum Gasteiger partial charge on any atom is -0.474 e. The zero-order chi connectivity index (χ0) is 20.1. The number of carbonyl (C=O) groups excluding carboxylic acids is 1. The van der Waals surface area contributed by atoms with Crippen molar-refractivity contribution in [1.29, 1.82) is 0 Å². The molecule has 1 amide bonds. The number of nitrogens with one attached hydrogen (secondary N) is 1. The zero-order valence-electron chi connectivity index (χ0n) is 16.3. The highest BCUT2D eigenvalue weighted by molar-refractivity contribution is 6.33. The minimum absolute atomic E-state index is 0.0729. The van der Waals surface area contributed by atoms with Crippen LogP contribution in [0.3, 0.4) is 0 Å². The molecule has 2 aliphatic rings. The molecule has 0 atom stereocenters. The van der Waals surface area contributed by atoms with Crippen molar-refractivity contribution in [1.82, 2.24) is 14.9 Å². The van der Waals surface area contributed by atoms with Crippen molar-refractivity contribution in [2.24, 2.45) is 0 Å². The third kappa shape index (κ3) is 5.16. The maximum Gasteiger partial charge on any atom is 0.255 e. The SMILES string of the molecule is O=C(c1cnc(NCc2ccc(OC3CCCC3)nc2)c(Cl)c1)N1CCOCC1. The minimum atomic E-state index is -0.0729. The Morgan fingerprint density at radius 3 is 2.69 bits per heavy atom. The quantitative estimate of drug-likeness (QED) is 0.776. The van der Waals surface area contributed by atoms with Gasteiger partial charge in [-0.25, -0.2) is 9.97 Å². The number of amides is 1. The van der Waals surface area contributed by atoms with Crippen molar-refractivity contribution in [3.8, 4) is 5.88 Å². The van der Waals surface area contributed by atoms with Crippen LogP contribution in [0.1, 0.15) is 41.6 Å². The molecule has 2 fully saturated rings. The highest BCUT2D eigenvalue weighted by Gasteiger charge is 2.20. The molecule has 2 aromatic rings. The predicted molar refractivity (Wildman–Crippen MR) is 110 cm³/mol. The summed E-state index contributed by atoms with van der Waals surface area (Å²) in [4.78, 5) is 23.0. The number of ether oxygens (including phenoxy) is 2. The summed E-state index contributed by atoms with van der Waals surface area (Å²) in [6, 6.07) is 5.54. The molecular formula is C21H25ClN4O3. The molecule has 1 saturated carbocycles. The van der Waals surface area contributed by atoms with Crippen LogP contribution >= 0.6 is 11.6 Å². The van der Waals surface area contributed by atoms with Crippen LogP contribution in [0.15, 0.2) is 30.6 Å². The second kappa shape index (κ2) is 9.41. The van der Waals surface area contributed by atoms with Gasteiger partial charge in [0.15, 0.2) is 0 Å². The van der Waals surface area contributed by atoms with E-state index < -0.39 is 0 Å². The molecular weight excluding hydrogens is 392 g/mol. The summed E-state index contributed by atoms with van der Waals surface area (Å²) in [5.74, 6) is 1.13. The number of pyridine rings is 2. The van der Waals surface area contributed by atoms with Crippen LogP contribution in [-0.2, 0) is 11.3 Å². The Balaban J connectivity index is 1.32. The van der Waals surface area contributed by atoms with Crippen molar-refractivity contribution >= 4 is 23.3 Å². The standard InChI is InChI=1S/C21H25ClN4O3/c22-18-11-16(21(27)26-7-9-28-10-8-26)14-25-20(18)24-13-15-5-6-19(23-12-15)29-17-3-1-2-4-17/h5-6,11-12,14,17H,1-4,7-10,13H2,(H,24,25). The van der Waals surface area contributed by atoms with Gasteiger partial charge in [0, 0.05) is 38.1 Å². The smallest absolute Gasteiger partial charge is 0.255 e. The summed E-state index contributed by atoms with van der Waals surface area (Å²) in [6.45, 7) is 2.82. The Bertz CT molecular complexity index is 834. The number of anilines is 1. The summed E-state index contributed by atoms with van der Waals surface area (Å²) in [6.07, 6.45) is 8.34. The number of carbonyl (C=O) groups is 1. The Morgan fingerprint density at radius 1 is 1.21 bits per heavy atom. The largest absolute Gasteiger partial charge is 0.474 e. The van der Waals surface area contributed by atoms with Gasteiger partial charge in [-0.1, -0.05) is 17.7 Å². The van der Waals surface area contributed by atoms with Crippen LogP contribution in [0.4, 0.5) is 5.82 Å². The lowest BCUT2D eigenvalue weighted by atomic mass is 10.2. The van der Waals surface area contributed by atoms with E-state index in [9.17, 15) is 4.79 Å². The van der Waals surface area contributed by atoms with E-state index in [1.54, 1.807) is 23.4 Å². The van der Waals surface area contributed by atoms with Crippen molar-refractivity contribution in [2.75, 3.05) is 31.6 Å². The first-order valence-corrected chi connectivity index (χ1v) is 10.4. The molecule has 0 spiro atoms. The van der Waals surface area contributed by atoms with E-state index in [1.165, 1.54) is 12.8 Å². The lowest BCUT2D eigenvalue weighted by Gasteiger charge is -2.26. The maximum atomic E-state index is 12.5. The van der Waals surface area contributed by atoms with Gasteiger partial charge in [-0.3, -0.25) is 4.79 Å². The number of rotatable bonds is 6. The Kier molecular flexibility index (Phi) is 6.46. The number of hydrogen-bond acceptors (Lipinski definition) is 6. The Morgan fingerprint density at radius 2 is 2.00 bits per heavy atom. The van der Waals surface area contributed by atoms with E-state index in [4.69, 9.17) is 21.1 Å². The van der Waals surface area contributed by atoms with Gasteiger partial charge >= 0.3 is 0 Å². The maximum absolute atomic E-state index is 12.5. The Hall–Kier alpha value is -2.38. The van der Waals surface area contributed by atoms with Crippen LogP contribution in [-0.4, -0.2) is 53.2 Å². The van der Waals surface area contributed by atoms with Gasteiger partial charge in [0.1, 0.15) is 11.9 Å². The fourth-order valence-electron chi connectivity index (χ4n) is 3.58. The molecule has 0 bridgehead atoms. The first-order valence-electron chi connectivity index (χ1n) is 10.1. The first kappa shape index (κ1) is 19.9. The first-order chi connectivity index (χ1) is 14.2. The summed E-state index contributed by atoms with van der Waals surface area (Å²) < 4.78 is 11.2. The molecule has 2 aromatic heterocycles. The van der Waals surface area contributed by atoms with Crippen LogP contribution in [0.25, 0.3) is 0 Å². The molecule has 1 aliphatic heterocycles. The normalized spacial score (nSPS) is 17.3. The molecule has 4 rings (SSSR count). The van der Waals surface area contributed by atoms with Gasteiger partial charge in [0.05, 0.1) is 23.8 Å². The predicted octanol–water partition coefficient (Wildman–Crippen LogP) is 3.54. The molecule has 1 N–H and O–H groups in total. The summed E-state index contributed by atoms with van der Waals surface area (Å²) in [7, 11) is 0. The number of morpholine rings is 1. The molecule has 29 heavy (non-hydrogen) atoms. The number of hydrogen-bond donors (Lipinski definition) is 1. The van der Waals surface area contributed by atoms with Gasteiger partial charge in [-0.15, -0.1) is 0 Å². The van der Waals surface area contributed by atoms with E-state index >= 15 is 0 Å². The van der Waals surface area contributed by atoms with E-state index in [1.807, 2.05) is 12.1 Å². The summed E-state index contributed by atoms with van der Waals surface area (Å²) in [5, 5.41) is 3.61. The second-order valence-corrected chi connectivity index (χ2v) is 7.75. The Labute approximate surface area is 175 Å². The third-order valence-electron chi connectivity index (χ3n) is 5.23. The van der Waals surface area contributed by atoms with Crippen molar-refractivity contribution in [2.45, 2.75) is 38.3 Å². The summed E-state index contributed by atoms with van der Waals surface area (Å²) in [5.41, 5.74) is 1.48.